The average molecular weight is 388 g/mol. The number of nitrogens with one attached hydrogen (secondary N) is 1. The van der Waals surface area contributed by atoms with Crippen molar-refractivity contribution in [2.75, 3.05) is 5.32 Å². The highest BCUT2D eigenvalue weighted by Crippen LogP contribution is 2.23. The zero-order chi connectivity index (χ0) is 13.8. The van der Waals surface area contributed by atoms with Crippen LogP contribution in [0.15, 0.2) is 42.5 Å². The van der Waals surface area contributed by atoms with Crippen LogP contribution in [0.1, 0.15) is 15.9 Å². The third-order valence-electron chi connectivity index (χ3n) is 2.65. The van der Waals surface area contributed by atoms with E-state index in [0.29, 0.717) is 17.1 Å². The molecule has 0 aliphatic rings. The molecule has 0 radical (unpaired) electrons. The normalized spacial score (nSPS) is 10.2. The molecule has 3 nitrogen and oxygen atoms in total. The van der Waals surface area contributed by atoms with Crippen LogP contribution in [0.4, 0.5) is 5.69 Å². The van der Waals surface area contributed by atoms with Gasteiger partial charge in [-0.3, -0.25) is 0 Å². The van der Waals surface area contributed by atoms with Crippen LogP contribution in [-0.4, -0.2) is 11.1 Å². The maximum atomic E-state index is 11.1. The summed E-state index contributed by atoms with van der Waals surface area (Å²) in [5.41, 5.74) is 2.00. The van der Waals surface area contributed by atoms with Crippen LogP contribution in [0.5, 0.6) is 0 Å². The molecule has 98 valence electrons. The molecule has 2 rings (SSSR count). The van der Waals surface area contributed by atoms with E-state index in [-0.39, 0.29) is 0 Å². The Morgan fingerprint density at radius 3 is 2.68 bits per heavy atom. The Morgan fingerprint density at radius 1 is 1.26 bits per heavy atom. The number of carboxylic acid groups (broad SMARTS) is 1. The van der Waals surface area contributed by atoms with E-state index in [2.05, 4.69) is 27.9 Å². The van der Waals surface area contributed by atoms with Gasteiger partial charge < -0.3 is 10.4 Å². The number of carboxylic acids is 1. The standard InChI is InChI=1S/C14H11ClINO2/c15-10-5-6-13(12(16)7-10)17-8-9-3-1-2-4-11(9)14(18)19/h1-7,17H,8H2,(H,18,19). The van der Waals surface area contributed by atoms with Gasteiger partial charge in [-0.25, -0.2) is 4.79 Å². The van der Waals surface area contributed by atoms with E-state index in [1.54, 1.807) is 24.3 Å². The molecule has 0 atom stereocenters. The van der Waals surface area contributed by atoms with Gasteiger partial charge in [0.15, 0.2) is 0 Å². The van der Waals surface area contributed by atoms with Gasteiger partial charge >= 0.3 is 5.97 Å². The monoisotopic (exact) mass is 387 g/mol. The minimum absolute atomic E-state index is 0.318. The number of anilines is 1. The quantitative estimate of drug-likeness (QED) is 0.771. The summed E-state index contributed by atoms with van der Waals surface area (Å²) >= 11 is 8.08. The predicted molar refractivity (Wildman–Crippen MR) is 84.9 cm³/mol. The highest BCUT2D eigenvalue weighted by molar-refractivity contribution is 14.1. The van der Waals surface area contributed by atoms with Crippen LogP contribution < -0.4 is 5.32 Å². The summed E-state index contributed by atoms with van der Waals surface area (Å²) in [7, 11) is 0. The maximum absolute atomic E-state index is 11.1. The molecule has 0 bridgehead atoms. The zero-order valence-electron chi connectivity index (χ0n) is 9.86. The second-order valence-corrected chi connectivity index (χ2v) is 5.54. The third-order valence-corrected chi connectivity index (χ3v) is 3.78. The number of hydrogen-bond acceptors (Lipinski definition) is 2. The Hall–Kier alpha value is -1.27. The number of rotatable bonds is 4. The molecule has 0 unspecified atom stereocenters. The molecule has 0 heterocycles. The molecule has 0 spiro atoms. The van der Waals surface area contributed by atoms with Gasteiger partial charge in [0.1, 0.15) is 0 Å². The van der Waals surface area contributed by atoms with Crippen LogP contribution in [0, 0.1) is 3.57 Å². The van der Waals surface area contributed by atoms with Gasteiger partial charge in [-0.15, -0.1) is 0 Å². The number of benzene rings is 2. The van der Waals surface area contributed by atoms with Crippen LogP contribution in [0.3, 0.4) is 0 Å². The van der Waals surface area contributed by atoms with E-state index < -0.39 is 5.97 Å². The molecule has 0 saturated carbocycles. The maximum Gasteiger partial charge on any atom is 0.336 e. The Balaban J connectivity index is 2.17. The summed E-state index contributed by atoms with van der Waals surface area (Å²) in [6.45, 7) is 0.458. The molecule has 0 aliphatic carbocycles. The second-order valence-electron chi connectivity index (χ2n) is 3.94. The van der Waals surface area contributed by atoms with Crippen LogP contribution in [-0.2, 0) is 6.54 Å². The van der Waals surface area contributed by atoms with Crippen molar-refractivity contribution in [3.05, 3.63) is 62.2 Å². The van der Waals surface area contributed by atoms with Gasteiger partial charge in [0.05, 0.1) is 5.56 Å². The first-order valence-electron chi connectivity index (χ1n) is 5.58. The van der Waals surface area contributed by atoms with E-state index in [0.717, 1.165) is 14.8 Å². The van der Waals surface area contributed by atoms with Crippen molar-refractivity contribution in [1.29, 1.82) is 0 Å². The van der Waals surface area contributed by atoms with Crippen molar-refractivity contribution < 1.29 is 9.90 Å². The number of carbonyl (C=O) groups is 1. The first-order chi connectivity index (χ1) is 9.08. The van der Waals surface area contributed by atoms with Gasteiger partial charge in [-0.1, -0.05) is 29.8 Å². The largest absolute Gasteiger partial charge is 0.478 e. The molecule has 0 fully saturated rings. The molecular weight excluding hydrogens is 377 g/mol. The minimum atomic E-state index is -0.914. The van der Waals surface area contributed by atoms with E-state index >= 15 is 0 Å². The van der Waals surface area contributed by atoms with Crippen molar-refractivity contribution in [3.63, 3.8) is 0 Å². The molecule has 2 aromatic rings. The van der Waals surface area contributed by atoms with Crippen molar-refractivity contribution in [2.45, 2.75) is 6.54 Å². The Kier molecular flexibility index (Phi) is 4.66. The predicted octanol–water partition coefficient (Wildman–Crippen LogP) is 4.25. The summed E-state index contributed by atoms with van der Waals surface area (Å²) in [4.78, 5) is 11.1. The minimum Gasteiger partial charge on any atom is -0.478 e. The highest BCUT2D eigenvalue weighted by atomic mass is 127. The molecule has 5 heteroatoms. The van der Waals surface area contributed by atoms with Crippen LogP contribution in [0.25, 0.3) is 0 Å². The zero-order valence-corrected chi connectivity index (χ0v) is 12.8. The number of hydrogen-bond donors (Lipinski definition) is 2. The summed E-state index contributed by atoms with van der Waals surface area (Å²) in [6.07, 6.45) is 0. The second kappa shape index (κ2) is 6.25. The average Bonchev–Trinajstić information content (AvgIpc) is 2.38. The van der Waals surface area contributed by atoms with Gasteiger partial charge in [-0.05, 0) is 52.4 Å². The third kappa shape index (κ3) is 3.61. The number of halogens is 2. The Bertz CT molecular complexity index is 616. The summed E-state index contributed by atoms with van der Waals surface area (Å²) in [6, 6.07) is 12.5. The van der Waals surface area contributed by atoms with Crippen LogP contribution >= 0.6 is 34.2 Å². The fourth-order valence-electron chi connectivity index (χ4n) is 1.71. The fourth-order valence-corrected chi connectivity index (χ4v) is 2.77. The molecule has 2 aromatic carbocycles. The first-order valence-corrected chi connectivity index (χ1v) is 7.03. The van der Waals surface area contributed by atoms with Crippen molar-refractivity contribution in [1.82, 2.24) is 0 Å². The molecular formula is C14H11ClINO2. The van der Waals surface area contributed by atoms with E-state index in [1.165, 1.54) is 0 Å². The van der Waals surface area contributed by atoms with E-state index in [9.17, 15) is 4.79 Å². The highest BCUT2D eigenvalue weighted by Gasteiger charge is 2.09. The lowest BCUT2D eigenvalue weighted by molar-refractivity contribution is 0.0696. The topological polar surface area (TPSA) is 49.3 Å². The Morgan fingerprint density at radius 2 is 2.00 bits per heavy atom. The van der Waals surface area contributed by atoms with Crippen molar-refractivity contribution >= 4 is 45.8 Å². The smallest absolute Gasteiger partial charge is 0.336 e. The molecule has 0 aliphatic heterocycles. The SMILES string of the molecule is O=C(O)c1ccccc1CNc1ccc(Cl)cc1I. The molecule has 0 saturated heterocycles. The summed E-state index contributed by atoms with van der Waals surface area (Å²) in [5, 5.41) is 13.0. The summed E-state index contributed by atoms with van der Waals surface area (Å²) in [5.74, 6) is -0.914. The lowest BCUT2D eigenvalue weighted by atomic mass is 10.1. The number of aromatic carboxylic acids is 1. The van der Waals surface area contributed by atoms with Gasteiger partial charge in [0, 0.05) is 20.8 Å². The van der Waals surface area contributed by atoms with Gasteiger partial charge in [0.2, 0.25) is 0 Å². The van der Waals surface area contributed by atoms with E-state index in [1.807, 2.05) is 18.2 Å². The lowest BCUT2D eigenvalue weighted by Crippen LogP contribution is -2.07. The van der Waals surface area contributed by atoms with E-state index in [4.69, 9.17) is 16.7 Å². The van der Waals surface area contributed by atoms with Crippen molar-refractivity contribution in [2.24, 2.45) is 0 Å². The Labute approximate surface area is 129 Å². The first kappa shape index (κ1) is 14.1. The molecule has 19 heavy (non-hydrogen) atoms. The van der Waals surface area contributed by atoms with Crippen LogP contribution in [0.2, 0.25) is 5.02 Å². The van der Waals surface area contributed by atoms with Gasteiger partial charge in [0.25, 0.3) is 0 Å². The summed E-state index contributed by atoms with van der Waals surface area (Å²) < 4.78 is 0.998. The molecule has 0 aromatic heterocycles. The lowest BCUT2D eigenvalue weighted by Gasteiger charge is -2.10. The molecule has 0 amide bonds. The van der Waals surface area contributed by atoms with Gasteiger partial charge in [-0.2, -0.15) is 0 Å². The fraction of sp³-hybridized carbons (Fsp3) is 0.0714. The molecule has 2 N–H and O–H groups in total. The van der Waals surface area contributed by atoms with Crippen molar-refractivity contribution in [3.8, 4) is 0 Å².